The fourth-order valence-corrected chi connectivity index (χ4v) is 5.55. The zero-order chi connectivity index (χ0) is 19.7. The molecule has 5 nitrogen and oxygen atoms in total. The number of imidazole rings is 1. The van der Waals surface area contributed by atoms with Crippen molar-refractivity contribution in [1.82, 2.24) is 14.5 Å². The van der Waals surface area contributed by atoms with Gasteiger partial charge >= 0.3 is 5.69 Å². The topological polar surface area (TPSA) is 50.3 Å². The van der Waals surface area contributed by atoms with Gasteiger partial charge in [0.2, 0.25) is 0 Å². The van der Waals surface area contributed by atoms with Crippen LogP contribution in [0.3, 0.4) is 0 Å². The molecule has 1 saturated heterocycles. The first-order valence-electron chi connectivity index (χ1n) is 10.8. The Kier molecular flexibility index (Phi) is 6.00. The molecule has 0 atom stereocenters. The van der Waals surface area contributed by atoms with Gasteiger partial charge in [0, 0.05) is 31.8 Å². The van der Waals surface area contributed by atoms with Gasteiger partial charge in [0.15, 0.2) is 0 Å². The Morgan fingerprint density at radius 1 is 1.18 bits per heavy atom. The lowest BCUT2D eigenvalue weighted by molar-refractivity contribution is -0.0162. The van der Waals surface area contributed by atoms with Crippen LogP contribution < -0.4 is 5.69 Å². The Bertz CT molecular complexity index is 858. The number of aromatic nitrogens is 2. The normalized spacial score (nSPS) is 27.5. The number of halogens is 1. The molecular formula is C22H32BrN3O2. The minimum atomic E-state index is -0.104. The van der Waals surface area contributed by atoms with Crippen LogP contribution >= 0.6 is 15.9 Å². The number of benzene rings is 1. The molecule has 1 aliphatic carbocycles. The molecule has 2 heterocycles. The van der Waals surface area contributed by atoms with Crippen LogP contribution in [-0.4, -0.2) is 44.7 Å². The Labute approximate surface area is 175 Å². The van der Waals surface area contributed by atoms with E-state index < -0.39 is 0 Å². The van der Waals surface area contributed by atoms with Gasteiger partial charge in [-0.15, -0.1) is 0 Å². The van der Waals surface area contributed by atoms with Crippen molar-refractivity contribution in [3.05, 3.63) is 34.2 Å². The minimum absolute atomic E-state index is 0.0360. The molecule has 2 fully saturated rings. The van der Waals surface area contributed by atoms with E-state index in [4.69, 9.17) is 4.74 Å². The standard InChI is InChI=1S/C22H32BrN3O2/c1-3-14-28-22(23)10-6-17(7-11-22)25-12-8-18(9-13-25)26-20-15-16(2)4-5-19(20)24-21(26)27/h4-5,15,17-18H,3,6-14H2,1-2H3,(H,24,27). The molecule has 1 saturated carbocycles. The van der Waals surface area contributed by atoms with Crippen molar-refractivity contribution in [2.75, 3.05) is 19.7 Å². The summed E-state index contributed by atoms with van der Waals surface area (Å²) in [5.41, 5.74) is 3.24. The van der Waals surface area contributed by atoms with Gasteiger partial charge in [-0.1, -0.05) is 28.9 Å². The molecule has 1 aromatic carbocycles. The molecule has 0 bridgehead atoms. The Morgan fingerprint density at radius 3 is 2.57 bits per heavy atom. The van der Waals surface area contributed by atoms with Gasteiger partial charge in [-0.25, -0.2) is 4.79 Å². The van der Waals surface area contributed by atoms with Crippen LogP contribution in [-0.2, 0) is 4.74 Å². The molecule has 2 aromatic rings. The molecule has 154 valence electrons. The van der Waals surface area contributed by atoms with E-state index in [2.05, 4.69) is 51.8 Å². The second-order valence-electron chi connectivity index (χ2n) is 8.55. The molecule has 6 heteroatoms. The van der Waals surface area contributed by atoms with Gasteiger partial charge in [-0.3, -0.25) is 4.57 Å². The minimum Gasteiger partial charge on any atom is -0.364 e. The number of piperidine rings is 1. The maximum Gasteiger partial charge on any atom is 0.326 e. The van der Waals surface area contributed by atoms with Gasteiger partial charge in [-0.2, -0.15) is 0 Å². The highest BCUT2D eigenvalue weighted by Gasteiger charge is 2.36. The summed E-state index contributed by atoms with van der Waals surface area (Å²) in [4.78, 5) is 18.2. The highest BCUT2D eigenvalue weighted by Crippen LogP contribution is 2.39. The maximum absolute atomic E-state index is 12.6. The van der Waals surface area contributed by atoms with E-state index in [0.29, 0.717) is 12.1 Å². The fourth-order valence-electron chi connectivity index (χ4n) is 4.93. The molecule has 1 aromatic heterocycles. The smallest absolute Gasteiger partial charge is 0.326 e. The first kappa shape index (κ1) is 20.2. The highest BCUT2D eigenvalue weighted by atomic mass is 79.9. The summed E-state index contributed by atoms with van der Waals surface area (Å²) in [6.45, 7) is 7.23. The van der Waals surface area contributed by atoms with E-state index >= 15 is 0 Å². The van der Waals surface area contributed by atoms with Crippen LogP contribution in [0.2, 0.25) is 0 Å². The fraction of sp³-hybridized carbons (Fsp3) is 0.682. The van der Waals surface area contributed by atoms with E-state index in [-0.39, 0.29) is 10.2 Å². The van der Waals surface area contributed by atoms with E-state index in [1.165, 1.54) is 18.4 Å². The number of hydrogen-bond acceptors (Lipinski definition) is 3. The molecule has 0 radical (unpaired) electrons. The third-order valence-electron chi connectivity index (χ3n) is 6.52. The van der Waals surface area contributed by atoms with Gasteiger partial charge in [0.1, 0.15) is 4.51 Å². The summed E-state index contributed by atoms with van der Waals surface area (Å²) in [6.07, 6.45) is 7.69. The van der Waals surface area contributed by atoms with Crippen molar-refractivity contribution in [2.45, 2.75) is 75.4 Å². The Hall–Kier alpha value is -1.11. The van der Waals surface area contributed by atoms with Gasteiger partial charge in [0.25, 0.3) is 0 Å². The third kappa shape index (κ3) is 4.10. The number of nitrogens with zero attached hydrogens (tertiary/aromatic N) is 2. The number of fused-ring (bicyclic) bond motifs is 1. The predicted octanol–water partition coefficient (Wildman–Crippen LogP) is 4.74. The van der Waals surface area contributed by atoms with E-state index in [0.717, 1.165) is 62.8 Å². The lowest BCUT2D eigenvalue weighted by Gasteiger charge is -2.43. The van der Waals surface area contributed by atoms with Crippen molar-refractivity contribution < 1.29 is 4.74 Å². The number of aryl methyl sites for hydroxylation is 1. The van der Waals surface area contributed by atoms with Crippen molar-refractivity contribution >= 4 is 27.0 Å². The summed E-state index contributed by atoms with van der Waals surface area (Å²) in [6, 6.07) is 7.16. The molecule has 28 heavy (non-hydrogen) atoms. The lowest BCUT2D eigenvalue weighted by atomic mass is 9.90. The van der Waals surface area contributed by atoms with Crippen LogP contribution in [0.4, 0.5) is 0 Å². The summed E-state index contributed by atoms with van der Waals surface area (Å²) >= 11 is 3.84. The summed E-state index contributed by atoms with van der Waals surface area (Å²) in [5.74, 6) is 0. The number of aromatic amines is 1. The molecule has 4 rings (SSSR count). The number of rotatable bonds is 5. The maximum atomic E-state index is 12.6. The Balaban J connectivity index is 1.38. The molecule has 0 amide bonds. The first-order chi connectivity index (χ1) is 13.5. The van der Waals surface area contributed by atoms with Gasteiger partial charge < -0.3 is 14.6 Å². The van der Waals surface area contributed by atoms with Crippen LogP contribution in [0.5, 0.6) is 0 Å². The SMILES string of the molecule is CCCOC1(Br)CCC(N2CCC(n3c(=O)[nH]c4ccc(C)cc43)CC2)CC1. The van der Waals surface area contributed by atoms with Gasteiger partial charge in [-0.05, 0) is 69.6 Å². The van der Waals surface area contributed by atoms with E-state index in [1.807, 2.05) is 10.6 Å². The second kappa shape index (κ2) is 8.33. The zero-order valence-corrected chi connectivity index (χ0v) is 18.6. The predicted molar refractivity (Wildman–Crippen MR) is 117 cm³/mol. The second-order valence-corrected chi connectivity index (χ2v) is 10.00. The summed E-state index contributed by atoms with van der Waals surface area (Å²) in [7, 11) is 0. The highest BCUT2D eigenvalue weighted by molar-refractivity contribution is 9.10. The lowest BCUT2D eigenvalue weighted by Crippen LogP contribution is -2.46. The summed E-state index contributed by atoms with van der Waals surface area (Å²) in [5, 5.41) is 0. The van der Waals surface area contributed by atoms with Crippen LogP contribution in [0.15, 0.2) is 23.0 Å². The molecule has 2 aliphatic rings. The van der Waals surface area contributed by atoms with Crippen molar-refractivity contribution in [1.29, 1.82) is 0 Å². The average molecular weight is 450 g/mol. The van der Waals surface area contributed by atoms with Crippen LogP contribution in [0.1, 0.15) is 63.5 Å². The van der Waals surface area contributed by atoms with Crippen molar-refractivity contribution in [3.63, 3.8) is 0 Å². The monoisotopic (exact) mass is 449 g/mol. The Morgan fingerprint density at radius 2 is 1.89 bits per heavy atom. The molecular weight excluding hydrogens is 418 g/mol. The molecule has 0 unspecified atom stereocenters. The largest absolute Gasteiger partial charge is 0.364 e. The number of H-pyrrole nitrogens is 1. The van der Waals surface area contributed by atoms with E-state index in [9.17, 15) is 4.79 Å². The summed E-state index contributed by atoms with van der Waals surface area (Å²) < 4.78 is 7.94. The third-order valence-corrected chi connectivity index (χ3v) is 7.54. The quantitative estimate of drug-likeness (QED) is 0.670. The number of nitrogens with one attached hydrogen (secondary N) is 1. The number of ether oxygens (including phenoxy) is 1. The molecule has 0 spiro atoms. The van der Waals surface area contributed by atoms with E-state index in [1.54, 1.807) is 0 Å². The number of hydrogen-bond donors (Lipinski definition) is 1. The zero-order valence-electron chi connectivity index (χ0n) is 17.0. The molecule has 1 N–H and O–H groups in total. The first-order valence-corrected chi connectivity index (χ1v) is 11.6. The number of alkyl halides is 1. The van der Waals surface area contributed by atoms with Crippen molar-refractivity contribution in [2.24, 2.45) is 0 Å². The number of likely N-dealkylation sites (tertiary alicyclic amines) is 1. The van der Waals surface area contributed by atoms with Gasteiger partial charge in [0.05, 0.1) is 11.0 Å². The molecule has 1 aliphatic heterocycles. The van der Waals surface area contributed by atoms with Crippen molar-refractivity contribution in [3.8, 4) is 0 Å². The van der Waals surface area contributed by atoms with Crippen LogP contribution in [0, 0.1) is 6.92 Å². The average Bonchev–Trinajstić information content (AvgIpc) is 3.02. The van der Waals surface area contributed by atoms with Crippen LogP contribution in [0.25, 0.3) is 11.0 Å².